The van der Waals surface area contributed by atoms with Gasteiger partial charge in [0, 0.05) is 11.8 Å². The van der Waals surface area contributed by atoms with Crippen LogP contribution in [0.4, 0.5) is 5.82 Å². The molecule has 4 rings (SSSR count). The van der Waals surface area contributed by atoms with Crippen LogP contribution in [-0.2, 0) is 22.9 Å². The molecule has 2 aliphatic carbocycles. The summed E-state index contributed by atoms with van der Waals surface area (Å²) in [6.45, 7) is 2.02. The van der Waals surface area contributed by atoms with Gasteiger partial charge in [0.15, 0.2) is 0 Å². The highest BCUT2D eigenvalue weighted by atomic mass is 32.2. The summed E-state index contributed by atoms with van der Waals surface area (Å²) in [5, 5.41) is 0. The minimum Gasteiger partial charge on any atom is -0.263 e. The minimum absolute atomic E-state index is 0.336. The number of pyridine rings is 1. The number of anilines is 1. The molecule has 2 aliphatic rings. The van der Waals surface area contributed by atoms with Gasteiger partial charge < -0.3 is 0 Å². The maximum Gasteiger partial charge on any atom is 0.263 e. The Morgan fingerprint density at radius 3 is 2.70 bits per heavy atom. The number of rotatable bonds is 4. The molecular formula is C18H20N2O2S. The van der Waals surface area contributed by atoms with Crippen molar-refractivity contribution in [2.75, 3.05) is 4.72 Å². The summed E-state index contributed by atoms with van der Waals surface area (Å²) in [6, 6.07) is 7.42. The predicted octanol–water partition coefficient (Wildman–Crippen LogP) is 3.56. The molecule has 1 fully saturated rings. The fraction of sp³-hybridized carbons (Fsp3) is 0.389. The van der Waals surface area contributed by atoms with Gasteiger partial charge in [0.05, 0.1) is 4.90 Å². The van der Waals surface area contributed by atoms with Crippen LogP contribution >= 0.6 is 0 Å². The highest BCUT2D eigenvalue weighted by molar-refractivity contribution is 7.92. The van der Waals surface area contributed by atoms with E-state index in [1.54, 1.807) is 12.3 Å². The Morgan fingerprint density at radius 1 is 1.13 bits per heavy atom. The Bertz CT molecular complexity index is 871. The van der Waals surface area contributed by atoms with Crippen molar-refractivity contribution in [1.82, 2.24) is 4.98 Å². The molecule has 0 saturated heterocycles. The summed E-state index contributed by atoms with van der Waals surface area (Å²) in [7, 11) is -3.59. The first-order valence-electron chi connectivity index (χ1n) is 8.15. The first kappa shape index (κ1) is 14.7. The third kappa shape index (κ3) is 2.74. The molecular weight excluding hydrogens is 308 g/mol. The lowest BCUT2D eigenvalue weighted by molar-refractivity contribution is 0.601. The zero-order valence-electron chi connectivity index (χ0n) is 13.2. The van der Waals surface area contributed by atoms with Crippen molar-refractivity contribution in [3.63, 3.8) is 0 Å². The molecule has 5 heteroatoms. The van der Waals surface area contributed by atoms with Crippen molar-refractivity contribution >= 4 is 15.8 Å². The number of sulfonamides is 1. The molecule has 0 bridgehead atoms. The number of hydrogen-bond acceptors (Lipinski definition) is 3. The third-order valence-corrected chi connectivity index (χ3v) is 6.14. The van der Waals surface area contributed by atoms with Crippen molar-refractivity contribution in [1.29, 1.82) is 0 Å². The van der Waals surface area contributed by atoms with E-state index in [1.807, 2.05) is 25.1 Å². The zero-order valence-corrected chi connectivity index (χ0v) is 14.0. The second kappa shape index (κ2) is 5.34. The van der Waals surface area contributed by atoms with Crippen LogP contribution in [-0.4, -0.2) is 13.4 Å². The summed E-state index contributed by atoms with van der Waals surface area (Å²) in [6.07, 6.45) is 7.02. The average Bonchev–Trinajstić information content (AvgIpc) is 3.23. The Labute approximate surface area is 137 Å². The second-order valence-electron chi connectivity index (χ2n) is 6.55. The zero-order chi connectivity index (χ0) is 16.0. The molecule has 2 aromatic rings. The van der Waals surface area contributed by atoms with Crippen molar-refractivity contribution in [3.05, 3.63) is 52.7 Å². The molecule has 0 amide bonds. The lowest BCUT2D eigenvalue weighted by Crippen LogP contribution is -2.16. The van der Waals surface area contributed by atoms with Gasteiger partial charge in [-0.15, -0.1) is 0 Å². The molecule has 0 spiro atoms. The van der Waals surface area contributed by atoms with E-state index in [4.69, 9.17) is 0 Å². The molecule has 1 aromatic heterocycles. The van der Waals surface area contributed by atoms with Gasteiger partial charge in [0.25, 0.3) is 10.0 Å². The molecule has 1 heterocycles. The summed E-state index contributed by atoms with van der Waals surface area (Å²) in [5.74, 6) is 0.939. The number of aromatic nitrogens is 1. The highest BCUT2D eigenvalue weighted by Crippen LogP contribution is 2.44. The van der Waals surface area contributed by atoms with Gasteiger partial charge in [-0.3, -0.25) is 4.72 Å². The normalized spacial score (nSPS) is 17.1. The van der Waals surface area contributed by atoms with E-state index < -0.39 is 10.0 Å². The molecule has 23 heavy (non-hydrogen) atoms. The number of nitrogens with one attached hydrogen (secondary N) is 1. The van der Waals surface area contributed by atoms with Crippen molar-refractivity contribution < 1.29 is 8.42 Å². The SMILES string of the molecule is Cc1ccnc(NS(=O)(=O)c2ccc3c(c2)CCC3)c1C1CC1. The Morgan fingerprint density at radius 2 is 1.91 bits per heavy atom. The second-order valence-corrected chi connectivity index (χ2v) is 8.24. The number of aryl methyl sites for hydroxylation is 3. The van der Waals surface area contributed by atoms with Crippen LogP contribution in [0.5, 0.6) is 0 Å². The molecule has 1 aromatic carbocycles. The van der Waals surface area contributed by atoms with E-state index in [-0.39, 0.29) is 0 Å². The van der Waals surface area contributed by atoms with Gasteiger partial charge in [-0.05, 0) is 79.8 Å². The quantitative estimate of drug-likeness (QED) is 0.933. The van der Waals surface area contributed by atoms with Crippen molar-refractivity contribution in [3.8, 4) is 0 Å². The van der Waals surface area contributed by atoms with Crippen LogP contribution in [0.1, 0.15) is 47.4 Å². The van der Waals surface area contributed by atoms with E-state index in [0.29, 0.717) is 16.6 Å². The van der Waals surface area contributed by atoms with Crippen LogP contribution in [0.25, 0.3) is 0 Å². The lowest BCUT2D eigenvalue weighted by Gasteiger charge is -2.14. The van der Waals surface area contributed by atoms with Gasteiger partial charge >= 0.3 is 0 Å². The fourth-order valence-electron chi connectivity index (χ4n) is 3.44. The van der Waals surface area contributed by atoms with Gasteiger partial charge in [-0.1, -0.05) is 6.07 Å². The maximum atomic E-state index is 12.8. The van der Waals surface area contributed by atoms with E-state index in [2.05, 4.69) is 9.71 Å². The molecule has 120 valence electrons. The molecule has 0 radical (unpaired) electrons. The number of hydrogen-bond donors (Lipinski definition) is 1. The van der Waals surface area contributed by atoms with Crippen molar-refractivity contribution in [2.24, 2.45) is 0 Å². The average molecular weight is 328 g/mol. The van der Waals surface area contributed by atoms with Gasteiger partial charge in [0.1, 0.15) is 5.82 Å². The van der Waals surface area contributed by atoms with Crippen LogP contribution in [0.2, 0.25) is 0 Å². The van der Waals surface area contributed by atoms with Gasteiger partial charge in [-0.25, -0.2) is 13.4 Å². The minimum atomic E-state index is -3.59. The summed E-state index contributed by atoms with van der Waals surface area (Å²) < 4.78 is 28.2. The van der Waals surface area contributed by atoms with E-state index in [0.717, 1.165) is 48.8 Å². The molecule has 0 aliphatic heterocycles. The Hall–Kier alpha value is -1.88. The maximum absolute atomic E-state index is 12.8. The number of nitrogens with zero attached hydrogens (tertiary/aromatic N) is 1. The van der Waals surface area contributed by atoms with Gasteiger partial charge in [0.2, 0.25) is 0 Å². The van der Waals surface area contributed by atoms with Crippen LogP contribution in [0.3, 0.4) is 0 Å². The summed E-state index contributed by atoms with van der Waals surface area (Å²) >= 11 is 0. The first-order chi connectivity index (χ1) is 11.0. The molecule has 1 N–H and O–H groups in total. The van der Waals surface area contributed by atoms with Gasteiger partial charge in [-0.2, -0.15) is 0 Å². The first-order valence-corrected chi connectivity index (χ1v) is 9.63. The van der Waals surface area contributed by atoms with E-state index >= 15 is 0 Å². The summed E-state index contributed by atoms with van der Waals surface area (Å²) in [5.41, 5.74) is 4.59. The Balaban J connectivity index is 1.69. The largest absolute Gasteiger partial charge is 0.263 e. The smallest absolute Gasteiger partial charge is 0.263 e. The molecule has 1 saturated carbocycles. The van der Waals surface area contributed by atoms with Crippen molar-refractivity contribution in [2.45, 2.75) is 49.8 Å². The van der Waals surface area contributed by atoms with Crippen LogP contribution in [0, 0.1) is 6.92 Å². The van der Waals surface area contributed by atoms with E-state index in [1.165, 1.54) is 5.56 Å². The van der Waals surface area contributed by atoms with Crippen LogP contribution in [0.15, 0.2) is 35.4 Å². The molecule has 4 nitrogen and oxygen atoms in total. The molecule has 0 atom stereocenters. The third-order valence-electron chi connectivity index (χ3n) is 4.81. The number of benzene rings is 1. The number of fused-ring (bicyclic) bond motifs is 1. The predicted molar refractivity (Wildman–Crippen MR) is 90.2 cm³/mol. The monoisotopic (exact) mass is 328 g/mol. The molecule has 0 unspecified atom stereocenters. The lowest BCUT2D eigenvalue weighted by atomic mass is 10.1. The standard InChI is InChI=1S/C18H20N2O2S/c1-12-9-10-19-18(17(12)14-5-6-14)20-23(21,22)16-8-7-13-3-2-4-15(13)11-16/h7-11,14H,2-6H2,1H3,(H,19,20). The summed E-state index contributed by atoms with van der Waals surface area (Å²) in [4.78, 5) is 4.63. The highest BCUT2D eigenvalue weighted by Gasteiger charge is 2.30. The topological polar surface area (TPSA) is 59.1 Å². The van der Waals surface area contributed by atoms with E-state index in [9.17, 15) is 8.42 Å². The fourth-order valence-corrected chi connectivity index (χ4v) is 4.52. The van der Waals surface area contributed by atoms with Crippen LogP contribution < -0.4 is 4.72 Å². The Kier molecular flexibility index (Phi) is 3.41.